The van der Waals surface area contributed by atoms with Crippen molar-refractivity contribution in [2.45, 2.75) is 32.9 Å². The summed E-state index contributed by atoms with van der Waals surface area (Å²) in [6.07, 6.45) is 1.81. The first-order chi connectivity index (χ1) is 15.9. The molecule has 2 atom stereocenters. The summed E-state index contributed by atoms with van der Waals surface area (Å²) in [6, 6.07) is 23.0. The number of hydrogen-bond acceptors (Lipinski definition) is 2. The van der Waals surface area contributed by atoms with Crippen molar-refractivity contribution in [3.8, 4) is 5.69 Å². The fourth-order valence-corrected chi connectivity index (χ4v) is 5.10. The number of aryl methyl sites for hydroxylation is 2. The third-order valence-electron chi connectivity index (χ3n) is 6.27. The number of thiocarbonyl (C=S) groups is 1. The third kappa shape index (κ3) is 3.80. The van der Waals surface area contributed by atoms with E-state index in [1.54, 1.807) is 12.1 Å². The molecule has 2 aromatic heterocycles. The smallest absolute Gasteiger partial charge is 0.174 e. The highest BCUT2D eigenvalue weighted by Crippen LogP contribution is 2.43. The van der Waals surface area contributed by atoms with Crippen molar-refractivity contribution >= 4 is 23.0 Å². The van der Waals surface area contributed by atoms with Crippen LogP contribution in [0, 0.1) is 26.6 Å². The lowest BCUT2D eigenvalue weighted by atomic mass is 9.96. The molecule has 1 fully saturated rings. The van der Waals surface area contributed by atoms with Gasteiger partial charge in [0.2, 0.25) is 0 Å². The van der Waals surface area contributed by atoms with Crippen molar-refractivity contribution in [2.24, 2.45) is 0 Å². The predicted molar refractivity (Wildman–Crippen MR) is 134 cm³/mol. The van der Waals surface area contributed by atoms with Gasteiger partial charge in [-0.3, -0.25) is 4.98 Å². The van der Waals surface area contributed by atoms with Crippen LogP contribution in [-0.2, 0) is 0 Å². The second kappa shape index (κ2) is 8.45. The highest BCUT2D eigenvalue weighted by molar-refractivity contribution is 7.80. The van der Waals surface area contributed by atoms with Crippen molar-refractivity contribution < 1.29 is 4.39 Å². The molecule has 1 aliphatic heterocycles. The van der Waals surface area contributed by atoms with Crippen LogP contribution in [0.15, 0.2) is 79.0 Å². The van der Waals surface area contributed by atoms with Crippen LogP contribution >= 0.6 is 12.2 Å². The van der Waals surface area contributed by atoms with E-state index in [1.807, 2.05) is 37.4 Å². The zero-order valence-electron chi connectivity index (χ0n) is 18.8. The predicted octanol–water partition coefficient (Wildman–Crippen LogP) is 6.11. The van der Waals surface area contributed by atoms with Gasteiger partial charge in [-0.25, -0.2) is 4.39 Å². The number of nitrogens with zero attached hydrogens (tertiary/aromatic N) is 3. The van der Waals surface area contributed by atoms with Crippen LogP contribution in [0.4, 0.5) is 10.1 Å². The van der Waals surface area contributed by atoms with Gasteiger partial charge in [0.25, 0.3) is 0 Å². The number of benzene rings is 2. The Morgan fingerprint density at radius 1 is 0.909 bits per heavy atom. The Kier molecular flexibility index (Phi) is 5.46. The molecule has 33 heavy (non-hydrogen) atoms. The minimum absolute atomic E-state index is 0.108. The molecular weight excluding hydrogens is 431 g/mol. The zero-order valence-corrected chi connectivity index (χ0v) is 19.6. The topological polar surface area (TPSA) is 33.1 Å². The van der Waals surface area contributed by atoms with Crippen LogP contribution < -0.4 is 10.2 Å². The quantitative estimate of drug-likeness (QED) is 0.376. The Bertz CT molecular complexity index is 1310. The summed E-state index contributed by atoms with van der Waals surface area (Å²) in [5.74, 6) is -0.252. The van der Waals surface area contributed by atoms with Crippen LogP contribution in [0.3, 0.4) is 0 Å². The molecule has 2 unspecified atom stereocenters. The normalized spacial score (nSPS) is 17.9. The average molecular weight is 457 g/mol. The summed E-state index contributed by atoms with van der Waals surface area (Å²) >= 11 is 5.83. The molecule has 166 valence electrons. The third-order valence-corrected chi connectivity index (χ3v) is 6.58. The molecule has 1 N–H and O–H groups in total. The van der Waals surface area contributed by atoms with E-state index in [4.69, 9.17) is 12.2 Å². The van der Waals surface area contributed by atoms with Crippen LogP contribution in [0.25, 0.3) is 5.69 Å². The fourth-order valence-electron chi connectivity index (χ4n) is 4.75. The number of anilines is 1. The molecule has 2 aromatic carbocycles. The lowest BCUT2D eigenvalue weighted by Gasteiger charge is -2.28. The molecule has 6 heteroatoms. The lowest BCUT2D eigenvalue weighted by Crippen LogP contribution is -2.29. The summed E-state index contributed by atoms with van der Waals surface area (Å²) < 4.78 is 16.1. The maximum Gasteiger partial charge on any atom is 0.174 e. The summed E-state index contributed by atoms with van der Waals surface area (Å²) in [5.41, 5.74) is 7.16. The van der Waals surface area contributed by atoms with Gasteiger partial charge in [0.15, 0.2) is 5.11 Å². The van der Waals surface area contributed by atoms with Crippen molar-refractivity contribution in [1.29, 1.82) is 0 Å². The van der Waals surface area contributed by atoms with Crippen LogP contribution in [0.2, 0.25) is 0 Å². The molecule has 0 amide bonds. The molecule has 4 aromatic rings. The van der Waals surface area contributed by atoms with E-state index < -0.39 is 0 Å². The first-order valence-corrected chi connectivity index (χ1v) is 11.4. The number of aromatic nitrogens is 2. The average Bonchev–Trinajstić information content (AvgIpc) is 3.30. The first kappa shape index (κ1) is 21.3. The molecule has 0 aliphatic carbocycles. The molecule has 0 bridgehead atoms. The van der Waals surface area contributed by atoms with Gasteiger partial charge in [-0.05, 0) is 87.1 Å². The van der Waals surface area contributed by atoms with E-state index in [0.717, 1.165) is 34.0 Å². The SMILES string of the molecule is Cc1ccc(N2C(=S)NC(c3ccccn3)C2c2cc(C)n(-c3cccc(F)c3)c2C)cc1. The standard InChI is InChI=1S/C27H25FN4S/c1-17-10-12-21(13-11-17)32-26(25(30-27(32)33)24-9-4-5-14-29-24)23-15-18(2)31(19(23)3)22-8-6-7-20(28)16-22/h4-16,25-26H,1-3H3,(H,30,33). The first-order valence-electron chi connectivity index (χ1n) is 11.0. The fraction of sp³-hybridized carbons (Fsp3) is 0.185. The molecule has 0 spiro atoms. The summed E-state index contributed by atoms with van der Waals surface area (Å²) in [5, 5.41) is 4.17. The van der Waals surface area contributed by atoms with Crippen molar-refractivity contribution in [3.63, 3.8) is 0 Å². The van der Waals surface area contributed by atoms with Gasteiger partial charge in [0.1, 0.15) is 5.82 Å². The van der Waals surface area contributed by atoms with Gasteiger partial charge < -0.3 is 14.8 Å². The van der Waals surface area contributed by atoms with Gasteiger partial charge >= 0.3 is 0 Å². The number of nitrogens with one attached hydrogen (secondary N) is 1. The van der Waals surface area contributed by atoms with Crippen molar-refractivity contribution in [2.75, 3.05) is 4.90 Å². The number of pyridine rings is 1. The molecule has 5 rings (SSSR count). The van der Waals surface area contributed by atoms with Crippen LogP contribution in [0.1, 0.15) is 40.3 Å². The molecular formula is C27H25FN4S. The van der Waals surface area contributed by atoms with Crippen LogP contribution in [-0.4, -0.2) is 14.7 Å². The molecule has 0 saturated carbocycles. The largest absolute Gasteiger partial charge is 0.351 e. The highest BCUT2D eigenvalue weighted by Gasteiger charge is 2.42. The van der Waals surface area contributed by atoms with E-state index in [-0.39, 0.29) is 17.9 Å². The van der Waals surface area contributed by atoms with E-state index in [9.17, 15) is 4.39 Å². The molecule has 3 heterocycles. The monoisotopic (exact) mass is 456 g/mol. The number of hydrogen-bond donors (Lipinski definition) is 1. The lowest BCUT2D eigenvalue weighted by molar-refractivity contribution is 0.565. The van der Waals surface area contributed by atoms with E-state index in [2.05, 4.69) is 63.9 Å². The zero-order chi connectivity index (χ0) is 23.1. The van der Waals surface area contributed by atoms with Gasteiger partial charge in [0.05, 0.1) is 17.8 Å². The number of halogens is 1. The maximum atomic E-state index is 14.0. The Morgan fingerprint density at radius 2 is 1.70 bits per heavy atom. The second-order valence-electron chi connectivity index (χ2n) is 8.47. The van der Waals surface area contributed by atoms with Gasteiger partial charge in [-0.1, -0.05) is 29.8 Å². The van der Waals surface area contributed by atoms with Gasteiger partial charge in [0, 0.05) is 29.0 Å². The van der Waals surface area contributed by atoms with E-state index in [1.165, 1.54) is 11.6 Å². The van der Waals surface area contributed by atoms with Gasteiger partial charge in [-0.2, -0.15) is 0 Å². The van der Waals surface area contributed by atoms with Gasteiger partial charge in [-0.15, -0.1) is 0 Å². The maximum absolute atomic E-state index is 14.0. The Labute approximate surface area is 198 Å². The summed E-state index contributed by atoms with van der Waals surface area (Å²) in [6.45, 7) is 6.20. The summed E-state index contributed by atoms with van der Waals surface area (Å²) in [4.78, 5) is 6.81. The number of rotatable bonds is 4. The Morgan fingerprint density at radius 3 is 2.39 bits per heavy atom. The molecule has 1 aliphatic rings. The minimum Gasteiger partial charge on any atom is -0.351 e. The highest BCUT2D eigenvalue weighted by atomic mass is 32.1. The second-order valence-corrected chi connectivity index (χ2v) is 8.86. The molecule has 4 nitrogen and oxygen atoms in total. The molecule has 0 radical (unpaired) electrons. The molecule has 1 saturated heterocycles. The van der Waals surface area contributed by atoms with Crippen molar-refractivity contribution in [3.05, 3.63) is 113 Å². The van der Waals surface area contributed by atoms with E-state index >= 15 is 0 Å². The van der Waals surface area contributed by atoms with Crippen molar-refractivity contribution in [1.82, 2.24) is 14.9 Å². The minimum atomic E-state index is -0.252. The van der Waals surface area contributed by atoms with E-state index in [0.29, 0.717) is 5.11 Å². The van der Waals surface area contributed by atoms with Crippen LogP contribution in [0.5, 0.6) is 0 Å². The summed E-state index contributed by atoms with van der Waals surface area (Å²) in [7, 11) is 0. The Hall–Kier alpha value is -3.51. The Balaban J connectivity index is 1.68.